The smallest absolute Gasteiger partial charge is 0.348 e. The average Bonchev–Trinajstić information content (AvgIpc) is 3.11. The van der Waals surface area contributed by atoms with E-state index in [1.54, 1.807) is 20.8 Å². The van der Waals surface area contributed by atoms with Gasteiger partial charge >= 0.3 is 11.9 Å². The number of aromatic nitrogens is 2. The number of aromatic amines is 1. The number of carbonyl (C=O) groups is 3. The van der Waals surface area contributed by atoms with Gasteiger partial charge in [-0.1, -0.05) is 11.6 Å². The minimum atomic E-state index is -0.641. The van der Waals surface area contributed by atoms with Crippen LogP contribution >= 0.6 is 22.9 Å². The second-order valence-corrected chi connectivity index (χ2v) is 6.18. The van der Waals surface area contributed by atoms with Gasteiger partial charge in [0.05, 0.1) is 30.0 Å². The van der Waals surface area contributed by atoms with Crippen LogP contribution in [0, 0.1) is 6.92 Å². The standard InChI is InChI=1S/C15H16ClN3O5S/c1-4-23-14(21)9-7(3)11(15(22)24-5-2)25-13(9)18-12(20)10-8(16)6-17-19-10/h6H,4-5H2,1-3H3,(H,17,19)(H,18,20). The van der Waals surface area contributed by atoms with Gasteiger partial charge in [-0.3, -0.25) is 9.89 Å². The van der Waals surface area contributed by atoms with E-state index in [-0.39, 0.29) is 39.4 Å². The molecule has 0 saturated carbocycles. The number of carbonyl (C=O) groups excluding carboxylic acids is 3. The number of nitrogens with one attached hydrogen (secondary N) is 2. The Hall–Kier alpha value is -2.39. The van der Waals surface area contributed by atoms with Crippen molar-refractivity contribution in [1.82, 2.24) is 10.2 Å². The molecule has 0 aliphatic carbocycles. The summed E-state index contributed by atoms with van der Waals surface area (Å²) in [6, 6.07) is 0. The number of esters is 2. The largest absolute Gasteiger partial charge is 0.462 e. The predicted octanol–water partition coefficient (Wildman–Crippen LogP) is 3.04. The molecule has 0 radical (unpaired) electrons. The molecule has 0 atom stereocenters. The quantitative estimate of drug-likeness (QED) is 0.739. The highest BCUT2D eigenvalue weighted by Crippen LogP contribution is 2.34. The lowest BCUT2D eigenvalue weighted by molar-refractivity contribution is 0.0527. The number of H-pyrrole nitrogens is 1. The molecule has 10 heteroatoms. The van der Waals surface area contributed by atoms with E-state index in [1.165, 1.54) is 6.20 Å². The van der Waals surface area contributed by atoms with Gasteiger partial charge in [0.15, 0.2) is 0 Å². The predicted molar refractivity (Wildman–Crippen MR) is 92.5 cm³/mol. The second kappa shape index (κ2) is 8.13. The van der Waals surface area contributed by atoms with Crippen LogP contribution in [0.2, 0.25) is 5.02 Å². The maximum absolute atomic E-state index is 12.3. The molecule has 0 fully saturated rings. The Morgan fingerprint density at radius 3 is 2.44 bits per heavy atom. The van der Waals surface area contributed by atoms with E-state index in [2.05, 4.69) is 15.5 Å². The highest BCUT2D eigenvalue weighted by atomic mass is 35.5. The van der Waals surface area contributed by atoms with Crippen LogP contribution in [0.25, 0.3) is 0 Å². The highest BCUT2D eigenvalue weighted by Gasteiger charge is 2.28. The summed E-state index contributed by atoms with van der Waals surface area (Å²) in [7, 11) is 0. The third kappa shape index (κ3) is 3.99. The van der Waals surface area contributed by atoms with Crippen molar-refractivity contribution in [2.45, 2.75) is 20.8 Å². The molecule has 0 unspecified atom stereocenters. The summed E-state index contributed by atoms with van der Waals surface area (Å²) in [5, 5.41) is 9.01. The van der Waals surface area contributed by atoms with Crippen molar-refractivity contribution >= 4 is 45.8 Å². The maximum Gasteiger partial charge on any atom is 0.348 e. The Balaban J connectivity index is 2.42. The van der Waals surface area contributed by atoms with Crippen LogP contribution in [-0.2, 0) is 9.47 Å². The molecule has 134 valence electrons. The molecule has 1 amide bonds. The molecule has 2 aromatic heterocycles. The Morgan fingerprint density at radius 2 is 1.88 bits per heavy atom. The summed E-state index contributed by atoms with van der Waals surface area (Å²) in [4.78, 5) is 36.9. The normalized spacial score (nSPS) is 10.4. The molecule has 0 aliphatic heterocycles. The van der Waals surface area contributed by atoms with Gasteiger partial charge in [0.25, 0.3) is 5.91 Å². The van der Waals surface area contributed by atoms with Crippen molar-refractivity contribution in [2.75, 3.05) is 18.5 Å². The van der Waals surface area contributed by atoms with Crippen molar-refractivity contribution in [3.8, 4) is 0 Å². The number of hydrogen-bond donors (Lipinski definition) is 2. The van der Waals surface area contributed by atoms with Gasteiger partial charge in [0, 0.05) is 0 Å². The van der Waals surface area contributed by atoms with Gasteiger partial charge < -0.3 is 14.8 Å². The van der Waals surface area contributed by atoms with Gasteiger partial charge in [-0.25, -0.2) is 9.59 Å². The average molecular weight is 386 g/mol. The number of rotatable bonds is 6. The molecular weight excluding hydrogens is 370 g/mol. The minimum Gasteiger partial charge on any atom is -0.462 e. The van der Waals surface area contributed by atoms with Gasteiger partial charge in [-0.15, -0.1) is 11.3 Å². The number of halogens is 1. The third-order valence-electron chi connectivity index (χ3n) is 3.13. The summed E-state index contributed by atoms with van der Waals surface area (Å²) < 4.78 is 10.00. The number of nitrogens with zero attached hydrogens (tertiary/aromatic N) is 1. The van der Waals surface area contributed by atoms with Crippen LogP contribution in [0.3, 0.4) is 0 Å². The van der Waals surface area contributed by atoms with E-state index in [0.717, 1.165) is 11.3 Å². The fourth-order valence-corrected chi connectivity index (χ4v) is 3.30. The summed E-state index contributed by atoms with van der Waals surface area (Å²) >= 11 is 6.80. The van der Waals surface area contributed by atoms with Crippen LogP contribution < -0.4 is 5.32 Å². The first kappa shape index (κ1) is 18.9. The van der Waals surface area contributed by atoms with Crippen LogP contribution in [0.4, 0.5) is 5.00 Å². The van der Waals surface area contributed by atoms with E-state index < -0.39 is 17.8 Å². The summed E-state index contributed by atoms with van der Waals surface area (Å²) in [6.07, 6.45) is 1.28. The Morgan fingerprint density at radius 1 is 1.24 bits per heavy atom. The number of hydrogen-bond acceptors (Lipinski definition) is 7. The number of thiophene rings is 1. The fraction of sp³-hybridized carbons (Fsp3) is 0.333. The molecule has 2 N–H and O–H groups in total. The van der Waals surface area contributed by atoms with E-state index in [4.69, 9.17) is 21.1 Å². The first-order valence-corrected chi connectivity index (χ1v) is 8.57. The number of amides is 1. The van der Waals surface area contributed by atoms with E-state index >= 15 is 0 Å². The lowest BCUT2D eigenvalue weighted by atomic mass is 10.1. The third-order valence-corrected chi connectivity index (χ3v) is 4.61. The zero-order valence-electron chi connectivity index (χ0n) is 13.8. The molecule has 0 aliphatic rings. The van der Waals surface area contributed by atoms with Gasteiger partial charge in [0.2, 0.25) is 0 Å². The van der Waals surface area contributed by atoms with E-state index in [9.17, 15) is 14.4 Å². The topological polar surface area (TPSA) is 110 Å². The van der Waals surface area contributed by atoms with Crippen molar-refractivity contribution < 1.29 is 23.9 Å². The van der Waals surface area contributed by atoms with E-state index in [0.29, 0.717) is 5.56 Å². The zero-order valence-corrected chi connectivity index (χ0v) is 15.3. The first-order chi connectivity index (χ1) is 11.9. The van der Waals surface area contributed by atoms with Gasteiger partial charge in [0.1, 0.15) is 15.6 Å². The Kier molecular flexibility index (Phi) is 6.16. The molecule has 2 aromatic rings. The molecule has 2 rings (SSSR count). The maximum atomic E-state index is 12.3. The SMILES string of the molecule is CCOC(=O)c1sc(NC(=O)c2[nH]ncc2Cl)c(C(=O)OCC)c1C. The molecule has 0 aromatic carbocycles. The highest BCUT2D eigenvalue weighted by molar-refractivity contribution is 7.18. The zero-order chi connectivity index (χ0) is 18.6. The second-order valence-electron chi connectivity index (χ2n) is 4.75. The lowest BCUT2D eigenvalue weighted by Crippen LogP contribution is -2.15. The molecular formula is C15H16ClN3O5S. The van der Waals surface area contributed by atoms with Crippen molar-refractivity contribution in [1.29, 1.82) is 0 Å². The van der Waals surface area contributed by atoms with E-state index in [1.807, 2.05) is 0 Å². The molecule has 0 spiro atoms. The molecule has 0 saturated heterocycles. The van der Waals surface area contributed by atoms with Crippen LogP contribution in [0.15, 0.2) is 6.20 Å². The summed E-state index contributed by atoms with van der Waals surface area (Å²) in [6.45, 7) is 5.28. The monoisotopic (exact) mass is 385 g/mol. The van der Waals surface area contributed by atoms with Crippen LogP contribution in [0.1, 0.15) is 49.9 Å². The summed E-state index contributed by atoms with van der Waals surface area (Å²) in [5.74, 6) is -1.81. The minimum absolute atomic E-state index is 0.0419. The van der Waals surface area contributed by atoms with Crippen molar-refractivity contribution in [3.63, 3.8) is 0 Å². The molecule has 0 bridgehead atoms. The summed E-state index contributed by atoms with van der Waals surface area (Å²) in [5.41, 5.74) is 0.534. The van der Waals surface area contributed by atoms with Crippen LogP contribution in [-0.4, -0.2) is 41.3 Å². The van der Waals surface area contributed by atoms with Gasteiger partial charge in [-0.2, -0.15) is 5.10 Å². The fourth-order valence-electron chi connectivity index (χ4n) is 2.04. The molecule has 25 heavy (non-hydrogen) atoms. The van der Waals surface area contributed by atoms with Crippen molar-refractivity contribution in [3.05, 3.63) is 32.9 Å². The van der Waals surface area contributed by atoms with Crippen molar-refractivity contribution in [2.24, 2.45) is 0 Å². The molecule has 2 heterocycles. The van der Waals surface area contributed by atoms with Crippen LogP contribution in [0.5, 0.6) is 0 Å². The first-order valence-electron chi connectivity index (χ1n) is 7.38. The van der Waals surface area contributed by atoms with Gasteiger partial charge in [-0.05, 0) is 26.3 Å². The molecule has 8 nitrogen and oxygen atoms in total. The number of ether oxygens (including phenoxy) is 2. The lowest BCUT2D eigenvalue weighted by Gasteiger charge is -2.06. The Labute approximate surface area is 152 Å². The Bertz CT molecular complexity index is 814. The number of anilines is 1.